The van der Waals surface area contributed by atoms with Crippen LogP contribution >= 0.6 is 11.6 Å². The van der Waals surface area contributed by atoms with Crippen LogP contribution < -0.4 is 9.47 Å². The number of hydrogen-bond donors (Lipinski definition) is 0. The maximum Gasteiger partial charge on any atom is 0.238 e. The van der Waals surface area contributed by atoms with Crippen LogP contribution in [0, 0.1) is 17.5 Å². The van der Waals surface area contributed by atoms with Crippen molar-refractivity contribution < 1.29 is 22.6 Å². The third kappa shape index (κ3) is 3.82. The molecule has 0 N–H and O–H groups in total. The van der Waals surface area contributed by atoms with E-state index in [2.05, 4.69) is 11.6 Å². The fourth-order valence-electron chi connectivity index (χ4n) is 2.54. The molecule has 0 bridgehead atoms. The lowest BCUT2D eigenvalue weighted by Gasteiger charge is -2.13. The highest BCUT2D eigenvalue weighted by Gasteiger charge is 2.19. The first-order chi connectivity index (χ1) is 13.3. The third-order valence-electron chi connectivity index (χ3n) is 4.01. The summed E-state index contributed by atoms with van der Waals surface area (Å²) >= 11 is 6.17. The summed E-state index contributed by atoms with van der Waals surface area (Å²) < 4.78 is 51.4. The second kappa shape index (κ2) is 7.94. The second-order valence-corrected chi connectivity index (χ2v) is 6.39. The zero-order chi connectivity index (χ0) is 20.4. The van der Waals surface area contributed by atoms with Crippen LogP contribution in [-0.2, 0) is 0 Å². The molecular formula is C21H15ClF3NO2. The van der Waals surface area contributed by atoms with Gasteiger partial charge in [-0.15, -0.1) is 0 Å². The van der Waals surface area contributed by atoms with Gasteiger partial charge in [0.1, 0.15) is 10.8 Å². The molecule has 3 aromatic rings. The van der Waals surface area contributed by atoms with Gasteiger partial charge < -0.3 is 9.47 Å². The summed E-state index contributed by atoms with van der Waals surface area (Å²) in [5.41, 5.74) is 3.10. The number of benzene rings is 2. The van der Waals surface area contributed by atoms with Crippen molar-refractivity contribution in [2.45, 2.75) is 6.92 Å². The summed E-state index contributed by atoms with van der Waals surface area (Å²) in [5.74, 6) is -4.37. The number of halogens is 4. The highest BCUT2D eigenvalue weighted by atomic mass is 35.5. The Labute approximate surface area is 165 Å². The number of pyridine rings is 1. The van der Waals surface area contributed by atoms with Gasteiger partial charge >= 0.3 is 0 Å². The lowest BCUT2D eigenvalue weighted by atomic mass is 10.0. The predicted octanol–water partition coefficient (Wildman–Crippen LogP) is 6.65. The molecule has 3 nitrogen and oxygen atoms in total. The highest BCUT2D eigenvalue weighted by molar-refractivity contribution is 6.32. The first-order valence-electron chi connectivity index (χ1n) is 8.13. The molecule has 0 fully saturated rings. The third-order valence-corrected chi connectivity index (χ3v) is 4.28. The molecule has 144 valence electrons. The molecule has 0 aliphatic carbocycles. The Morgan fingerprint density at radius 1 is 1.07 bits per heavy atom. The van der Waals surface area contributed by atoms with E-state index in [0.29, 0.717) is 22.9 Å². The molecule has 2 aromatic carbocycles. The number of aromatic nitrogens is 1. The number of ether oxygens (including phenoxy) is 2. The zero-order valence-corrected chi connectivity index (χ0v) is 15.8. The number of hydrogen-bond acceptors (Lipinski definition) is 3. The van der Waals surface area contributed by atoms with Gasteiger partial charge in [0.05, 0.1) is 7.11 Å². The Balaban J connectivity index is 1.98. The van der Waals surface area contributed by atoms with Crippen LogP contribution in [0.3, 0.4) is 0 Å². The monoisotopic (exact) mass is 405 g/mol. The Morgan fingerprint density at radius 2 is 1.79 bits per heavy atom. The van der Waals surface area contributed by atoms with Gasteiger partial charge in [-0.05, 0) is 42.8 Å². The van der Waals surface area contributed by atoms with E-state index in [1.807, 2.05) is 25.1 Å². The lowest BCUT2D eigenvalue weighted by Crippen LogP contribution is -1.98. The summed E-state index contributed by atoms with van der Waals surface area (Å²) in [6.45, 7) is 5.77. The summed E-state index contributed by atoms with van der Waals surface area (Å²) in [7, 11) is 1.53. The minimum atomic E-state index is -1.46. The van der Waals surface area contributed by atoms with Gasteiger partial charge in [0.15, 0.2) is 11.6 Å². The van der Waals surface area contributed by atoms with E-state index in [9.17, 15) is 13.2 Å². The first-order valence-corrected chi connectivity index (χ1v) is 8.50. The van der Waals surface area contributed by atoms with E-state index >= 15 is 0 Å². The molecule has 0 unspecified atom stereocenters. The Hall–Kier alpha value is -2.99. The fraction of sp³-hybridized carbons (Fsp3) is 0.0952. The van der Waals surface area contributed by atoms with Gasteiger partial charge in [-0.1, -0.05) is 29.8 Å². The molecule has 1 heterocycles. The van der Waals surface area contributed by atoms with Crippen LogP contribution in [0.2, 0.25) is 5.02 Å². The van der Waals surface area contributed by atoms with Gasteiger partial charge in [-0.2, -0.15) is 4.39 Å². The normalized spacial score (nSPS) is 10.6. The quantitative estimate of drug-likeness (QED) is 0.445. The molecule has 0 saturated heterocycles. The average molecular weight is 406 g/mol. The minimum Gasteiger partial charge on any atom is -0.496 e. The summed E-state index contributed by atoms with van der Waals surface area (Å²) in [4.78, 5) is 4.01. The van der Waals surface area contributed by atoms with Crippen LogP contribution in [0.25, 0.3) is 16.7 Å². The molecule has 0 spiro atoms. The SMILES string of the molecule is C=C(C)c1ccc(-c2cnc(Oc3c(F)ccc(F)c3F)c(Cl)c2)c(OC)c1. The molecular weight excluding hydrogens is 391 g/mol. The maximum atomic E-state index is 13.8. The van der Waals surface area contributed by atoms with Crippen molar-refractivity contribution in [1.29, 1.82) is 0 Å². The molecule has 28 heavy (non-hydrogen) atoms. The van der Waals surface area contributed by atoms with Crippen molar-refractivity contribution in [3.8, 4) is 28.5 Å². The van der Waals surface area contributed by atoms with Crippen LogP contribution in [0.15, 0.2) is 49.2 Å². The van der Waals surface area contributed by atoms with E-state index in [-0.39, 0.29) is 10.9 Å². The van der Waals surface area contributed by atoms with E-state index in [4.69, 9.17) is 21.1 Å². The molecule has 1 aromatic heterocycles. The summed E-state index contributed by atoms with van der Waals surface area (Å²) in [6.07, 6.45) is 1.41. The van der Waals surface area contributed by atoms with Crippen LogP contribution in [0.4, 0.5) is 13.2 Å². The molecule has 0 aliphatic heterocycles. The van der Waals surface area contributed by atoms with Gasteiger partial charge in [-0.3, -0.25) is 0 Å². The average Bonchev–Trinajstić information content (AvgIpc) is 2.68. The van der Waals surface area contributed by atoms with Crippen molar-refractivity contribution in [2.24, 2.45) is 0 Å². The highest BCUT2D eigenvalue weighted by Crippen LogP contribution is 2.37. The van der Waals surface area contributed by atoms with Crippen LogP contribution in [0.5, 0.6) is 17.4 Å². The van der Waals surface area contributed by atoms with Gasteiger partial charge in [0.25, 0.3) is 0 Å². The number of rotatable bonds is 5. The van der Waals surface area contributed by atoms with Gasteiger partial charge in [0, 0.05) is 17.3 Å². The first kappa shape index (κ1) is 19.8. The molecule has 0 amide bonds. The Morgan fingerprint density at radius 3 is 2.43 bits per heavy atom. The van der Waals surface area contributed by atoms with Crippen molar-refractivity contribution in [3.05, 3.63) is 77.2 Å². The van der Waals surface area contributed by atoms with E-state index < -0.39 is 23.2 Å². The number of allylic oxidation sites excluding steroid dienone is 1. The van der Waals surface area contributed by atoms with E-state index in [1.165, 1.54) is 19.4 Å². The molecule has 7 heteroatoms. The largest absolute Gasteiger partial charge is 0.496 e. The van der Waals surface area contributed by atoms with Crippen molar-refractivity contribution >= 4 is 17.2 Å². The fourth-order valence-corrected chi connectivity index (χ4v) is 2.75. The standard InChI is InChI=1S/C21H15ClF3NO2/c1-11(2)12-4-5-14(18(9-12)27-3)13-8-15(22)21(26-10-13)28-20-17(24)7-6-16(23)19(20)25/h4-10H,1H2,2-3H3. The summed E-state index contributed by atoms with van der Waals surface area (Å²) in [5, 5.41) is -0.00779. The molecule has 0 saturated carbocycles. The lowest BCUT2D eigenvalue weighted by molar-refractivity contribution is 0.377. The smallest absolute Gasteiger partial charge is 0.238 e. The second-order valence-electron chi connectivity index (χ2n) is 5.98. The Kier molecular flexibility index (Phi) is 5.61. The maximum absolute atomic E-state index is 13.8. The topological polar surface area (TPSA) is 31.4 Å². The number of nitrogens with zero attached hydrogens (tertiary/aromatic N) is 1. The van der Waals surface area contributed by atoms with Crippen LogP contribution in [-0.4, -0.2) is 12.1 Å². The molecule has 0 atom stereocenters. The minimum absolute atomic E-state index is 0.00779. The molecule has 3 rings (SSSR count). The molecule has 0 radical (unpaired) electrons. The van der Waals surface area contributed by atoms with E-state index in [1.54, 1.807) is 0 Å². The number of methoxy groups -OCH3 is 1. The van der Waals surface area contributed by atoms with Crippen molar-refractivity contribution in [1.82, 2.24) is 4.98 Å². The summed E-state index contributed by atoms with van der Waals surface area (Å²) in [6, 6.07) is 8.45. The predicted molar refractivity (Wildman–Crippen MR) is 102 cm³/mol. The van der Waals surface area contributed by atoms with Gasteiger partial charge in [0.2, 0.25) is 17.4 Å². The van der Waals surface area contributed by atoms with Crippen LogP contribution in [0.1, 0.15) is 12.5 Å². The zero-order valence-electron chi connectivity index (χ0n) is 15.0. The van der Waals surface area contributed by atoms with Crippen molar-refractivity contribution in [2.75, 3.05) is 7.11 Å². The van der Waals surface area contributed by atoms with Gasteiger partial charge in [-0.25, -0.2) is 13.8 Å². The van der Waals surface area contributed by atoms with Crippen molar-refractivity contribution in [3.63, 3.8) is 0 Å². The Bertz CT molecular complexity index is 1070. The molecule has 0 aliphatic rings. The van der Waals surface area contributed by atoms with E-state index in [0.717, 1.165) is 17.2 Å².